The van der Waals surface area contributed by atoms with Gasteiger partial charge in [0.1, 0.15) is 17.3 Å². The third-order valence-electron chi connectivity index (χ3n) is 2.47. The first kappa shape index (κ1) is 14.6. The molecule has 20 heavy (non-hydrogen) atoms. The Bertz CT molecular complexity index is 670. The normalized spacial score (nSPS) is 10.3. The summed E-state index contributed by atoms with van der Waals surface area (Å²) in [6, 6.07) is 5.76. The Morgan fingerprint density at radius 3 is 2.55 bits per heavy atom. The van der Waals surface area contributed by atoms with E-state index in [4.69, 9.17) is 16.7 Å². The first-order valence-electron chi connectivity index (χ1n) is 5.36. The second-order valence-electron chi connectivity index (χ2n) is 3.90. The smallest absolute Gasteiger partial charge is 0.259 e. The average molecular weight is 361 g/mol. The van der Waals surface area contributed by atoms with Gasteiger partial charge in [0.15, 0.2) is 0 Å². The molecule has 0 aliphatic rings. The lowest BCUT2D eigenvalue weighted by Gasteiger charge is -2.10. The highest BCUT2D eigenvalue weighted by Crippen LogP contribution is 2.33. The molecular formula is C13H8BrClFNO3. The fourth-order valence-electron chi connectivity index (χ4n) is 1.55. The van der Waals surface area contributed by atoms with E-state index in [1.165, 1.54) is 12.1 Å². The number of hydrogen-bond acceptors (Lipinski definition) is 3. The first-order valence-corrected chi connectivity index (χ1v) is 6.53. The van der Waals surface area contributed by atoms with E-state index in [9.17, 15) is 14.3 Å². The SMILES string of the molecule is O=C(Nc1c(Cl)cc(F)cc1Br)c1ccc(O)cc1O. The molecule has 104 valence electrons. The fraction of sp³-hybridized carbons (Fsp3) is 0. The molecule has 0 fully saturated rings. The van der Waals surface area contributed by atoms with Gasteiger partial charge in [0.2, 0.25) is 0 Å². The number of phenols is 2. The van der Waals surface area contributed by atoms with Crippen molar-refractivity contribution in [2.75, 3.05) is 5.32 Å². The number of rotatable bonds is 2. The quantitative estimate of drug-likeness (QED) is 0.760. The number of nitrogens with one attached hydrogen (secondary N) is 1. The lowest BCUT2D eigenvalue weighted by atomic mass is 10.1. The predicted molar refractivity (Wildman–Crippen MR) is 76.8 cm³/mol. The summed E-state index contributed by atoms with van der Waals surface area (Å²) in [5.74, 6) is -1.74. The van der Waals surface area contributed by atoms with Crippen LogP contribution in [0.15, 0.2) is 34.8 Å². The summed E-state index contributed by atoms with van der Waals surface area (Å²) in [4.78, 5) is 12.0. The molecule has 0 heterocycles. The minimum absolute atomic E-state index is 0.0171. The fourth-order valence-corrected chi connectivity index (χ4v) is 2.45. The van der Waals surface area contributed by atoms with Crippen LogP contribution >= 0.6 is 27.5 Å². The molecule has 2 aromatic carbocycles. The number of amides is 1. The Morgan fingerprint density at radius 2 is 1.95 bits per heavy atom. The van der Waals surface area contributed by atoms with Crippen LogP contribution in [0.25, 0.3) is 0 Å². The van der Waals surface area contributed by atoms with E-state index >= 15 is 0 Å². The number of anilines is 1. The van der Waals surface area contributed by atoms with E-state index in [1.807, 2.05) is 0 Å². The zero-order chi connectivity index (χ0) is 14.9. The monoisotopic (exact) mass is 359 g/mol. The van der Waals surface area contributed by atoms with Crippen molar-refractivity contribution in [2.45, 2.75) is 0 Å². The van der Waals surface area contributed by atoms with Gasteiger partial charge in [-0.2, -0.15) is 0 Å². The van der Waals surface area contributed by atoms with Crippen LogP contribution in [0.1, 0.15) is 10.4 Å². The van der Waals surface area contributed by atoms with Crippen molar-refractivity contribution in [2.24, 2.45) is 0 Å². The minimum atomic E-state index is -0.642. The number of phenolic OH excluding ortho intramolecular Hbond substituents is 2. The Hall–Kier alpha value is -1.79. The lowest BCUT2D eigenvalue weighted by Crippen LogP contribution is -2.13. The molecular weight excluding hydrogens is 353 g/mol. The van der Waals surface area contributed by atoms with E-state index in [0.717, 1.165) is 18.2 Å². The molecule has 0 spiro atoms. The van der Waals surface area contributed by atoms with Crippen molar-refractivity contribution in [3.05, 3.63) is 51.2 Å². The van der Waals surface area contributed by atoms with E-state index < -0.39 is 11.7 Å². The van der Waals surface area contributed by atoms with Crippen LogP contribution in [0, 0.1) is 5.82 Å². The largest absolute Gasteiger partial charge is 0.508 e. The Labute approximate surface area is 126 Å². The van der Waals surface area contributed by atoms with Crippen LogP contribution in [0.4, 0.5) is 10.1 Å². The summed E-state index contributed by atoms with van der Waals surface area (Å²) in [6.07, 6.45) is 0. The van der Waals surface area contributed by atoms with E-state index in [1.54, 1.807) is 0 Å². The first-order chi connectivity index (χ1) is 9.38. The standard InChI is InChI=1S/C13H8BrClFNO3/c14-9-3-6(16)4-10(15)12(9)17-13(20)8-2-1-7(18)5-11(8)19/h1-5,18-19H,(H,17,20). The lowest BCUT2D eigenvalue weighted by molar-refractivity contribution is 0.102. The Morgan fingerprint density at radius 1 is 1.25 bits per heavy atom. The molecule has 0 atom stereocenters. The molecule has 4 nitrogen and oxygen atoms in total. The second kappa shape index (κ2) is 5.68. The molecule has 0 aliphatic heterocycles. The summed E-state index contributed by atoms with van der Waals surface area (Å²) in [5.41, 5.74) is 0.139. The third-order valence-corrected chi connectivity index (χ3v) is 3.39. The van der Waals surface area contributed by atoms with Crippen molar-refractivity contribution in [1.82, 2.24) is 0 Å². The summed E-state index contributed by atoms with van der Waals surface area (Å²) in [6.45, 7) is 0. The predicted octanol–water partition coefficient (Wildman–Crippen LogP) is 3.91. The highest BCUT2D eigenvalue weighted by molar-refractivity contribution is 9.10. The van der Waals surface area contributed by atoms with Gasteiger partial charge in [-0.25, -0.2) is 4.39 Å². The van der Waals surface area contributed by atoms with E-state index in [0.29, 0.717) is 0 Å². The maximum Gasteiger partial charge on any atom is 0.259 e. The molecule has 1 amide bonds. The molecule has 0 aliphatic carbocycles. The van der Waals surface area contributed by atoms with Gasteiger partial charge in [0.05, 0.1) is 16.3 Å². The van der Waals surface area contributed by atoms with Crippen LogP contribution < -0.4 is 5.32 Å². The Balaban J connectivity index is 2.33. The van der Waals surface area contributed by atoms with Gasteiger partial charge in [-0.3, -0.25) is 4.79 Å². The van der Waals surface area contributed by atoms with E-state index in [2.05, 4.69) is 21.2 Å². The molecule has 3 N–H and O–H groups in total. The zero-order valence-electron chi connectivity index (χ0n) is 9.82. The van der Waals surface area contributed by atoms with Gasteiger partial charge in [0, 0.05) is 10.5 Å². The van der Waals surface area contributed by atoms with Gasteiger partial charge < -0.3 is 15.5 Å². The number of carbonyl (C=O) groups is 1. The van der Waals surface area contributed by atoms with Crippen molar-refractivity contribution in [1.29, 1.82) is 0 Å². The van der Waals surface area contributed by atoms with Gasteiger partial charge in [-0.05, 0) is 40.2 Å². The minimum Gasteiger partial charge on any atom is -0.508 e. The highest BCUT2D eigenvalue weighted by atomic mass is 79.9. The topological polar surface area (TPSA) is 69.6 Å². The molecule has 7 heteroatoms. The molecule has 0 saturated heterocycles. The number of benzene rings is 2. The molecule has 0 unspecified atom stereocenters. The van der Waals surface area contributed by atoms with Gasteiger partial charge in [-0.15, -0.1) is 0 Å². The third kappa shape index (κ3) is 3.02. The molecule has 0 bridgehead atoms. The summed E-state index contributed by atoms with van der Waals surface area (Å²) < 4.78 is 13.4. The van der Waals surface area contributed by atoms with E-state index in [-0.39, 0.29) is 32.2 Å². The summed E-state index contributed by atoms with van der Waals surface area (Å²) in [5, 5.41) is 21.2. The number of hydrogen-bond donors (Lipinski definition) is 3. The summed E-state index contributed by atoms with van der Waals surface area (Å²) >= 11 is 8.93. The van der Waals surface area contributed by atoms with Crippen molar-refractivity contribution in [3.63, 3.8) is 0 Å². The molecule has 0 saturated carbocycles. The maximum atomic E-state index is 13.1. The number of carbonyl (C=O) groups excluding carboxylic acids is 1. The number of aromatic hydroxyl groups is 2. The average Bonchev–Trinajstić information content (AvgIpc) is 2.33. The van der Waals surface area contributed by atoms with Crippen molar-refractivity contribution in [3.8, 4) is 11.5 Å². The second-order valence-corrected chi connectivity index (χ2v) is 5.16. The maximum absolute atomic E-state index is 13.1. The van der Waals surface area contributed by atoms with Gasteiger partial charge >= 0.3 is 0 Å². The van der Waals surface area contributed by atoms with Crippen LogP contribution in [0.3, 0.4) is 0 Å². The van der Waals surface area contributed by atoms with Gasteiger partial charge in [0.25, 0.3) is 5.91 Å². The Kier molecular flexibility index (Phi) is 4.15. The van der Waals surface area contributed by atoms with Crippen LogP contribution in [0.2, 0.25) is 5.02 Å². The van der Waals surface area contributed by atoms with Gasteiger partial charge in [-0.1, -0.05) is 11.6 Å². The van der Waals surface area contributed by atoms with Crippen LogP contribution in [-0.4, -0.2) is 16.1 Å². The molecule has 2 aromatic rings. The molecule has 0 radical (unpaired) electrons. The highest BCUT2D eigenvalue weighted by Gasteiger charge is 2.16. The molecule has 2 rings (SSSR count). The zero-order valence-corrected chi connectivity index (χ0v) is 12.2. The van der Waals surface area contributed by atoms with Crippen molar-refractivity contribution < 1.29 is 19.4 Å². The summed E-state index contributed by atoms with van der Waals surface area (Å²) in [7, 11) is 0. The number of halogens is 3. The van der Waals surface area contributed by atoms with Crippen LogP contribution in [-0.2, 0) is 0 Å². The molecule has 0 aromatic heterocycles. The van der Waals surface area contributed by atoms with Crippen LogP contribution in [0.5, 0.6) is 11.5 Å². The van der Waals surface area contributed by atoms with Crippen molar-refractivity contribution >= 4 is 39.1 Å².